The molecule has 0 aliphatic carbocycles. The first-order valence-electron chi connectivity index (χ1n) is 5.15. The van der Waals surface area contributed by atoms with E-state index in [2.05, 4.69) is 0 Å². The van der Waals surface area contributed by atoms with Gasteiger partial charge in [-0.2, -0.15) is 0 Å². The molecule has 0 saturated heterocycles. The van der Waals surface area contributed by atoms with E-state index >= 15 is 0 Å². The fourth-order valence-electron chi connectivity index (χ4n) is 1.70. The predicted molar refractivity (Wildman–Crippen MR) is 75.4 cm³/mol. The van der Waals surface area contributed by atoms with Gasteiger partial charge in [0.2, 0.25) is 0 Å². The lowest BCUT2D eigenvalue weighted by Crippen LogP contribution is -2.09. The first kappa shape index (κ1) is 12.8. The summed E-state index contributed by atoms with van der Waals surface area (Å²) in [7, 11) is 0. The Labute approximate surface area is 117 Å². The average molecular weight is 356 g/mol. The molecule has 0 heterocycles. The molecule has 0 aromatic heterocycles. The second-order valence-corrected chi connectivity index (χ2v) is 4.33. The van der Waals surface area contributed by atoms with Crippen molar-refractivity contribution in [3.05, 3.63) is 42.0 Å². The number of aromatic carboxylic acids is 1. The molecule has 4 nitrogen and oxygen atoms in total. The molecule has 0 aliphatic heterocycles. The molecular formula is C13H9IO4. The molecule has 0 saturated carbocycles. The van der Waals surface area contributed by atoms with Crippen LogP contribution in [-0.4, -0.2) is 21.5 Å². The first-order chi connectivity index (χ1) is 8.63. The molecule has 2 aromatic rings. The van der Waals surface area contributed by atoms with Crippen LogP contribution >= 0.6 is 22.6 Å². The lowest BCUT2D eigenvalue weighted by atomic mass is 10.0. The normalized spacial score (nSPS) is 10.3. The average Bonchev–Trinajstić information content (AvgIpc) is 2.38. The van der Waals surface area contributed by atoms with Gasteiger partial charge in [-0.15, -0.1) is 0 Å². The van der Waals surface area contributed by atoms with Crippen LogP contribution in [0.15, 0.2) is 36.4 Å². The number of benzene rings is 2. The van der Waals surface area contributed by atoms with E-state index in [9.17, 15) is 9.59 Å². The van der Waals surface area contributed by atoms with E-state index < -0.39 is 5.97 Å². The summed E-state index contributed by atoms with van der Waals surface area (Å²) in [5.74, 6) is -0.973. The molecule has 5 heteroatoms. The number of rotatable bonds is 3. The van der Waals surface area contributed by atoms with Gasteiger partial charge in [0.15, 0.2) is 0 Å². The van der Waals surface area contributed by atoms with Gasteiger partial charge in [-0.3, -0.25) is 4.79 Å². The van der Waals surface area contributed by atoms with Gasteiger partial charge in [-0.05, 0) is 17.5 Å². The molecule has 2 rings (SSSR count). The number of fused-ring (bicyclic) bond motifs is 1. The van der Waals surface area contributed by atoms with Gasteiger partial charge in [-0.1, -0.05) is 46.9 Å². The van der Waals surface area contributed by atoms with E-state index in [-0.39, 0.29) is 16.0 Å². The van der Waals surface area contributed by atoms with E-state index in [1.165, 1.54) is 12.1 Å². The molecule has 1 N–H and O–H groups in total. The van der Waals surface area contributed by atoms with E-state index in [1.807, 2.05) is 22.6 Å². The minimum Gasteiger partial charge on any atom is -0.478 e. The number of ether oxygens (including phenoxy) is 1. The lowest BCUT2D eigenvalue weighted by Gasteiger charge is -2.08. The van der Waals surface area contributed by atoms with Crippen LogP contribution in [0.3, 0.4) is 0 Å². The molecule has 0 spiro atoms. The quantitative estimate of drug-likeness (QED) is 0.398. The molecule has 0 bridgehead atoms. The molecule has 0 unspecified atom stereocenters. The molecule has 0 amide bonds. The highest BCUT2D eigenvalue weighted by Crippen LogP contribution is 2.28. The van der Waals surface area contributed by atoms with Gasteiger partial charge >= 0.3 is 11.9 Å². The molecule has 0 atom stereocenters. The number of hydrogen-bond acceptors (Lipinski definition) is 3. The van der Waals surface area contributed by atoms with Crippen molar-refractivity contribution >= 4 is 45.3 Å². The fraction of sp³-hybridized carbons (Fsp3) is 0.0769. The lowest BCUT2D eigenvalue weighted by molar-refractivity contribution is -0.131. The number of carbonyl (C=O) groups excluding carboxylic acids is 1. The van der Waals surface area contributed by atoms with Crippen molar-refractivity contribution in [3.8, 4) is 5.75 Å². The molecule has 2 aromatic carbocycles. The fourth-order valence-corrected chi connectivity index (χ4v) is 1.85. The van der Waals surface area contributed by atoms with Crippen LogP contribution in [0, 0.1) is 0 Å². The van der Waals surface area contributed by atoms with Crippen LogP contribution in [0.1, 0.15) is 10.4 Å². The van der Waals surface area contributed by atoms with Gasteiger partial charge in [-0.25, -0.2) is 4.79 Å². The van der Waals surface area contributed by atoms with E-state index in [0.717, 1.165) is 0 Å². The standard InChI is InChI=1S/C13H9IO4/c14-7-12(15)18-11-6-5-10(13(16)17)8-3-1-2-4-9(8)11/h1-6H,7H2,(H,16,17). The van der Waals surface area contributed by atoms with Gasteiger partial charge in [0.05, 0.1) is 9.99 Å². The smallest absolute Gasteiger partial charge is 0.336 e. The number of carboxylic acids is 1. The molecule has 0 fully saturated rings. The Morgan fingerprint density at radius 3 is 2.39 bits per heavy atom. The van der Waals surface area contributed by atoms with Crippen LogP contribution < -0.4 is 4.74 Å². The van der Waals surface area contributed by atoms with Crippen molar-refractivity contribution in [1.82, 2.24) is 0 Å². The van der Waals surface area contributed by atoms with Crippen molar-refractivity contribution in [1.29, 1.82) is 0 Å². The maximum absolute atomic E-state index is 11.3. The van der Waals surface area contributed by atoms with Gasteiger partial charge in [0.25, 0.3) is 0 Å². The SMILES string of the molecule is O=C(CI)Oc1ccc(C(=O)O)c2ccccc12. The highest BCUT2D eigenvalue weighted by Gasteiger charge is 2.13. The number of hydrogen-bond donors (Lipinski definition) is 1. The number of halogens is 1. The van der Waals surface area contributed by atoms with Crippen LogP contribution in [0.25, 0.3) is 10.8 Å². The zero-order valence-electron chi connectivity index (χ0n) is 9.22. The first-order valence-corrected chi connectivity index (χ1v) is 6.67. The van der Waals surface area contributed by atoms with Crippen LogP contribution in [-0.2, 0) is 4.79 Å². The summed E-state index contributed by atoms with van der Waals surface area (Å²) in [6, 6.07) is 9.91. The summed E-state index contributed by atoms with van der Waals surface area (Å²) in [6.07, 6.45) is 0. The predicted octanol–water partition coefficient (Wildman–Crippen LogP) is 2.88. The topological polar surface area (TPSA) is 63.6 Å². The number of esters is 1. The van der Waals surface area contributed by atoms with Crippen molar-refractivity contribution < 1.29 is 19.4 Å². The maximum atomic E-state index is 11.3. The summed E-state index contributed by atoms with van der Waals surface area (Å²) in [6.45, 7) is 0. The van der Waals surface area contributed by atoms with E-state index in [4.69, 9.17) is 9.84 Å². The molecular weight excluding hydrogens is 347 g/mol. The summed E-state index contributed by atoms with van der Waals surface area (Å²) in [4.78, 5) is 22.4. The molecule has 0 radical (unpaired) electrons. The van der Waals surface area contributed by atoms with Gasteiger partial charge in [0.1, 0.15) is 5.75 Å². The zero-order chi connectivity index (χ0) is 13.1. The number of carboxylic acid groups (broad SMARTS) is 1. The van der Waals surface area contributed by atoms with Crippen LogP contribution in [0.5, 0.6) is 5.75 Å². The third kappa shape index (κ3) is 2.45. The largest absolute Gasteiger partial charge is 0.478 e. The summed E-state index contributed by atoms with van der Waals surface area (Å²) in [5.41, 5.74) is 0.194. The van der Waals surface area contributed by atoms with Crippen molar-refractivity contribution in [2.75, 3.05) is 4.43 Å². The number of alkyl halides is 1. The van der Waals surface area contributed by atoms with Crippen LogP contribution in [0.2, 0.25) is 0 Å². The van der Waals surface area contributed by atoms with E-state index in [0.29, 0.717) is 16.5 Å². The summed E-state index contributed by atoms with van der Waals surface area (Å²) < 4.78 is 5.42. The Bertz CT molecular complexity index is 621. The zero-order valence-corrected chi connectivity index (χ0v) is 11.4. The third-order valence-corrected chi connectivity index (χ3v) is 3.07. The van der Waals surface area contributed by atoms with Gasteiger partial charge in [0, 0.05) is 5.39 Å². The van der Waals surface area contributed by atoms with Crippen molar-refractivity contribution in [3.63, 3.8) is 0 Å². The van der Waals surface area contributed by atoms with Crippen molar-refractivity contribution in [2.45, 2.75) is 0 Å². The minimum atomic E-state index is -1.00. The Kier molecular flexibility index (Phi) is 3.81. The minimum absolute atomic E-state index is 0.194. The molecule has 18 heavy (non-hydrogen) atoms. The third-order valence-electron chi connectivity index (χ3n) is 2.45. The Hall–Kier alpha value is -1.63. The summed E-state index contributed by atoms with van der Waals surface area (Å²) in [5, 5.41) is 10.3. The molecule has 92 valence electrons. The van der Waals surface area contributed by atoms with E-state index in [1.54, 1.807) is 24.3 Å². The number of carbonyl (C=O) groups is 2. The van der Waals surface area contributed by atoms with Crippen molar-refractivity contribution in [2.24, 2.45) is 0 Å². The monoisotopic (exact) mass is 356 g/mol. The Morgan fingerprint density at radius 1 is 1.11 bits per heavy atom. The summed E-state index contributed by atoms with van der Waals surface area (Å²) >= 11 is 1.91. The second kappa shape index (κ2) is 5.34. The Morgan fingerprint density at radius 2 is 1.78 bits per heavy atom. The van der Waals surface area contributed by atoms with Crippen LogP contribution in [0.4, 0.5) is 0 Å². The Balaban J connectivity index is 2.61. The van der Waals surface area contributed by atoms with Gasteiger partial charge < -0.3 is 9.84 Å². The highest BCUT2D eigenvalue weighted by molar-refractivity contribution is 14.1. The maximum Gasteiger partial charge on any atom is 0.336 e. The highest BCUT2D eigenvalue weighted by atomic mass is 127. The second-order valence-electron chi connectivity index (χ2n) is 3.57. The molecule has 0 aliphatic rings.